The second-order valence-corrected chi connectivity index (χ2v) is 3.37. The third-order valence-electron chi connectivity index (χ3n) is 1.94. The van der Waals surface area contributed by atoms with Gasteiger partial charge in [0.25, 0.3) is 0 Å². The smallest absolute Gasteiger partial charge is 0.348 e. The van der Waals surface area contributed by atoms with Crippen molar-refractivity contribution >= 4 is 23.1 Å². The lowest BCUT2D eigenvalue weighted by Gasteiger charge is -2.04. The molecule has 2 aromatic rings. The Bertz CT molecular complexity index is 529. The summed E-state index contributed by atoms with van der Waals surface area (Å²) < 4.78 is 0. The summed E-state index contributed by atoms with van der Waals surface area (Å²) in [7, 11) is 0. The molecule has 8 nitrogen and oxygen atoms in total. The Hall–Kier alpha value is -2.22. The number of hydrogen-bond donors (Lipinski definition) is 2. The van der Waals surface area contributed by atoms with Crippen molar-refractivity contribution in [3.05, 3.63) is 39.8 Å². The fourth-order valence-corrected chi connectivity index (χ4v) is 1.41. The first-order valence-electron chi connectivity index (χ1n) is 4.55. The number of H-pyrrole nitrogens is 1. The molecule has 2 aromatic heterocycles. The minimum absolute atomic E-state index is 0.0615. The number of aromatic amines is 1. The van der Waals surface area contributed by atoms with Gasteiger partial charge in [0.05, 0.1) is 11.5 Å². The van der Waals surface area contributed by atoms with E-state index in [0.717, 1.165) is 6.33 Å². The van der Waals surface area contributed by atoms with Gasteiger partial charge < -0.3 is 10.3 Å². The normalized spacial score (nSPS) is 10.2. The first-order valence-corrected chi connectivity index (χ1v) is 4.93. The molecule has 88 valence electrons. The molecule has 0 aromatic carbocycles. The molecule has 0 spiro atoms. The molecule has 0 aliphatic carbocycles. The fourth-order valence-electron chi connectivity index (χ4n) is 1.21. The quantitative estimate of drug-likeness (QED) is 0.484. The maximum Gasteiger partial charge on any atom is 0.348 e. The van der Waals surface area contributed by atoms with Gasteiger partial charge in [-0.3, -0.25) is 10.1 Å². The molecule has 2 heterocycles. The Labute approximate surface area is 100 Å². The molecule has 0 amide bonds. The van der Waals surface area contributed by atoms with Crippen molar-refractivity contribution in [2.45, 2.75) is 6.54 Å². The van der Waals surface area contributed by atoms with Crippen LogP contribution in [0.15, 0.2) is 18.7 Å². The lowest BCUT2D eigenvalue weighted by molar-refractivity contribution is -0.384. The van der Waals surface area contributed by atoms with Gasteiger partial charge in [-0.25, -0.2) is 15.0 Å². The summed E-state index contributed by atoms with van der Waals surface area (Å²) >= 11 is 5.63. The van der Waals surface area contributed by atoms with Crippen molar-refractivity contribution in [1.29, 1.82) is 0 Å². The molecule has 0 saturated carbocycles. The van der Waals surface area contributed by atoms with E-state index in [1.165, 1.54) is 0 Å². The second kappa shape index (κ2) is 4.74. The Morgan fingerprint density at radius 2 is 2.29 bits per heavy atom. The highest BCUT2D eigenvalue weighted by Gasteiger charge is 2.21. The average Bonchev–Trinajstić information content (AvgIpc) is 2.78. The van der Waals surface area contributed by atoms with E-state index < -0.39 is 4.92 Å². The number of nitrogens with one attached hydrogen (secondary N) is 2. The molecule has 2 N–H and O–H groups in total. The number of nitrogens with zero attached hydrogens (tertiary/aromatic N) is 4. The first-order chi connectivity index (χ1) is 8.18. The lowest BCUT2D eigenvalue weighted by Crippen LogP contribution is -2.06. The van der Waals surface area contributed by atoms with Crippen LogP contribution in [0.4, 0.5) is 11.5 Å². The van der Waals surface area contributed by atoms with E-state index in [-0.39, 0.29) is 23.2 Å². The monoisotopic (exact) mass is 254 g/mol. The zero-order valence-corrected chi connectivity index (χ0v) is 9.18. The number of imidazole rings is 1. The SMILES string of the molecule is O=[N+]([O-])c1c(Cl)ncnc1NCc1ncc[nH]1. The minimum Gasteiger partial charge on any atom is -0.357 e. The minimum atomic E-state index is -0.632. The Kier molecular flexibility index (Phi) is 3.15. The van der Waals surface area contributed by atoms with E-state index in [9.17, 15) is 10.1 Å². The summed E-state index contributed by atoms with van der Waals surface area (Å²) in [4.78, 5) is 24.3. The third-order valence-corrected chi connectivity index (χ3v) is 2.21. The fraction of sp³-hybridized carbons (Fsp3) is 0.125. The van der Waals surface area contributed by atoms with Gasteiger partial charge in [0.15, 0.2) is 0 Å². The highest BCUT2D eigenvalue weighted by atomic mass is 35.5. The predicted molar refractivity (Wildman–Crippen MR) is 59.6 cm³/mol. The van der Waals surface area contributed by atoms with Gasteiger partial charge in [-0.05, 0) is 0 Å². The zero-order chi connectivity index (χ0) is 12.3. The summed E-state index contributed by atoms with van der Waals surface area (Å²) in [6, 6.07) is 0. The highest BCUT2D eigenvalue weighted by Crippen LogP contribution is 2.28. The van der Waals surface area contributed by atoms with Crippen LogP contribution in [0.3, 0.4) is 0 Å². The van der Waals surface area contributed by atoms with Crippen LogP contribution in [-0.4, -0.2) is 24.9 Å². The molecular formula is C8H7ClN6O2. The first kappa shape index (κ1) is 11.3. The summed E-state index contributed by atoms with van der Waals surface area (Å²) in [5, 5.41) is 13.3. The Balaban J connectivity index is 2.21. The van der Waals surface area contributed by atoms with Crippen LogP contribution in [-0.2, 0) is 6.54 Å². The van der Waals surface area contributed by atoms with E-state index in [4.69, 9.17) is 11.6 Å². The number of rotatable bonds is 4. The Morgan fingerprint density at radius 1 is 1.47 bits per heavy atom. The van der Waals surface area contributed by atoms with Crippen LogP contribution in [0.2, 0.25) is 5.15 Å². The van der Waals surface area contributed by atoms with E-state index in [0.29, 0.717) is 5.82 Å². The van der Waals surface area contributed by atoms with Gasteiger partial charge in [-0.1, -0.05) is 11.6 Å². The van der Waals surface area contributed by atoms with E-state index in [1.807, 2.05) is 0 Å². The van der Waals surface area contributed by atoms with Crippen molar-refractivity contribution < 1.29 is 4.92 Å². The molecular weight excluding hydrogens is 248 g/mol. The van der Waals surface area contributed by atoms with Crippen molar-refractivity contribution in [2.75, 3.05) is 5.32 Å². The molecule has 0 aliphatic rings. The standard InChI is InChI=1S/C8H7ClN6O2/c9-7-6(15(16)17)8(14-4-13-7)12-3-5-10-1-2-11-5/h1-2,4H,3H2,(H,10,11)(H,12,13,14). The van der Waals surface area contributed by atoms with Gasteiger partial charge in [0, 0.05) is 12.4 Å². The predicted octanol–water partition coefficient (Wildman–Crippen LogP) is 1.37. The summed E-state index contributed by atoms with van der Waals surface area (Å²) in [6.45, 7) is 0.279. The van der Waals surface area contributed by atoms with E-state index in [1.54, 1.807) is 12.4 Å². The molecule has 0 unspecified atom stereocenters. The second-order valence-electron chi connectivity index (χ2n) is 3.01. The van der Waals surface area contributed by atoms with Gasteiger partial charge in [-0.2, -0.15) is 0 Å². The van der Waals surface area contributed by atoms with E-state index in [2.05, 4.69) is 25.3 Å². The number of nitro groups is 1. The summed E-state index contributed by atoms with van der Waals surface area (Å²) in [5.41, 5.74) is -0.347. The van der Waals surface area contributed by atoms with Gasteiger partial charge in [-0.15, -0.1) is 0 Å². The van der Waals surface area contributed by atoms with Gasteiger partial charge in [0.1, 0.15) is 12.2 Å². The molecule has 0 radical (unpaired) electrons. The van der Waals surface area contributed by atoms with Crippen LogP contribution < -0.4 is 5.32 Å². The lowest BCUT2D eigenvalue weighted by atomic mass is 10.4. The molecule has 0 saturated heterocycles. The third kappa shape index (κ3) is 2.48. The number of anilines is 1. The van der Waals surface area contributed by atoms with Crippen LogP contribution >= 0.6 is 11.6 Å². The molecule has 0 aliphatic heterocycles. The van der Waals surface area contributed by atoms with Crippen molar-refractivity contribution in [3.8, 4) is 0 Å². The average molecular weight is 255 g/mol. The topological polar surface area (TPSA) is 110 Å². The highest BCUT2D eigenvalue weighted by molar-refractivity contribution is 6.31. The molecule has 17 heavy (non-hydrogen) atoms. The largest absolute Gasteiger partial charge is 0.357 e. The van der Waals surface area contributed by atoms with Crippen molar-refractivity contribution in [3.63, 3.8) is 0 Å². The van der Waals surface area contributed by atoms with Gasteiger partial charge >= 0.3 is 5.69 Å². The summed E-state index contributed by atoms with van der Waals surface area (Å²) in [5.74, 6) is 0.695. The maximum absolute atomic E-state index is 10.8. The number of aromatic nitrogens is 4. The van der Waals surface area contributed by atoms with Gasteiger partial charge in [0.2, 0.25) is 11.0 Å². The van der Waals surface area contributed by atoms with Crippen molar-refractivity contribution in [2.24, 2.45) is 0 Å². The summed E-state index contributed by atoms with van der Waals surface area (Å²) in [6.07, 6.45) is 4.39. The van der Waals surface area contributed by atoms with Crippen LogP contribution in [0.25, 0.3) is 0 Å². The molecule has 0 bridgehead atoms. The van der Waals surface area contributed by atoms with Crippen LogP contribution in [0, 0.1) is 10.1 Å². The molecule has 0 fully saturated rings. The number of hydrogen-bond acceptors (Lipinski definition) is 6. The number of halogens is 1. The van der Waals surface area contributed by atoms with Crippen LogP contribution in [0.5, 0.6) is 0 Å². The zero-order valence-electron chi connectivity index (χ0n) is 8.42. The molecule has 9 heteroatoms. The Morgan fingerprint density at radius 3 is 2.94 bits per heavy atom. The molecule has 2 rings (SSSR count). The maximum atomic E-state index is 10.8. The van der Waals surface area contributed by atoms with E-state index >= 15 is 0 Å². The van der Waals surface area contributed by atoms with Crippen molar-refractivity contribution in [1.82, 2.24) is 19.9 Å². The molecule has 0 atom stereocenters. The van der Waals surface area contributed by atoms with Crippen LogP contribution in [0.1, 0.15) is 5.82 Å².